The van der Waals surface area contributed by atoms with Crippen LogP contribution in [-0.4, -0.2) is 12.4 Å². The van der Waals surface area contributed by atoms with Gasteiger partial charge >= 0.3 is 6.85 Å². The molecule has 2 unspecified atom stereocenters. The number of hydrogen-bond donors (Lipinski definition) is 0. The maximum atomic E-state index is 3.05. The number of benzene rings is 7. The summed E-state index contributed by atoms with van der Waals surface area (Å²) >= 11 is 0. The van der Waals surface area contributed by atoms with Gasteiger partial charge in [0, 0.05) is 44.6 Å². The zero-order valence-corrected chi connectivity index (χ0v) is 47.7. The van der Waals surface area contributed by atoms with Crippen LogP contribution in [0.3, 0.4) is 0 Å². The molecule has 0 bridgehead atoms. The predicted octanol–water partition coefficient (Wildman–Crippen LogP) is 17.9. The van der Waals surface area contributed by atoms with Gasteiger partial charge in [0.2, 0.25) is 0 Å². The van der Waals surface area contributed by atoms with E-state index in [9.17, 15) is 0 Å². The fourth-order valence-corrected chi connectivity index (χ4v) is 15.9. The van der Waals surface area contributed by atoms with Gasteiger partial charge in [-0.2, -0.15) is 0 Å². The molecule has 2 atom stereocenters. The number of fused-ring (bicyclic) bond motifs is 12. The van der Waals surface area contributed by atoms with Crippen molar-refractivity contribution in [1.29, 1.82) is 0 Å². The summed E-state index contributed by atoms with van der Waals surface area (Å²) in [5.41, 5.74) is 31.9. The van der Waals surface area contributed by atoms with Crippen molar-refractivity contribution in [1.82, 2.24) is 0 Å². The largest absolute Gasteiger partial charge is 0.400 e. The summed E-state index contributed by atoms with van der Waals surface area (Å²) < 4.78 is 0. The number of aryl methyl sites for hydroxylation is 2. The normalized spacial score (nSPS) is 22.1. The summed E-state index contributed by atoms with van der Waals surface area (Å²) in [5, 5.41) is 0. The van der Waals surface area contributed by atoms with Gasteiger partial charge in [-0.3, -0.25) is 0 Å². The molecule has 3 aliphatic heterocycles. The van der Waals surface area contributed by atoms with Crippen LogP contribution in [0.2, 0.25) is 0 Å². The van der Waals surface area contributed by atoms with Crippen LogP contribution in [0.15, 0.2) is 115 Å². The Balaban J connectivity index is 1.22. The highest BCUT2D eigenvalue weighted by atomic mass is 15.2. The highest BCUT2D eigenvalue weighted by Crippen LogP contribution is 2.65. The molecule has 13 rings (SSSR count). The van der Waals surface area contributed by atoms with Gasteiger partial charge in [0.05, 0.1) is 5.69 Å². The predicted molar refractivity (Wildman–Crippen MR) is 319 cm³/mol. The maximum absolute atomic E-state index is 3.05. The average molecular weight is 971 g/mol. The molecule has 7 aromatic rings. The van der Waals surface area contributed by atoms with E-state index in [-0.39, 0.29) is 44.9 Å². The Kier molecular flexibility index (Phi) is 9.84. The van der Waals surface area contributed by atoms with Gasteiger partial charge in [-0.05, 0) is 199 Å². The van der Waals surface area contributed by atoms with Gasteiger partial charge in [0.15, 0.2) is 0 Å². The molecule has 3 aliphatic carbocycles. The molecule has 0 radical (unpaired) electrons. The Hall–Kier alpha value is -5.80. The molecule has 2 nitrogen and oxygen atoms in total. The standard InChI is InChI=1S/C71H79BN2/c1-42-23-22-24-43(2)60(42)45-35-51-52-38-47(66(6,7)8)39-56-63(52)74(71(16)32-21-20-31-70(56,71)15)72-57-29-28-48-50-40-54-55(68(11,12)34-33-67(54,9)10)41-53(50)69(13,14)61(48)64(57)73(59(36-45)62(51)72)58-30-27-46(65(3,4)5)37-49(58)44-25-18-17-19-26-44/h17-19,22-30,35-41H,20-21,31-34H2,1-16H3. The van der Waals surface area contributed by atoms with Crippen LogP contribution in [0, 0.1) is 13.8 Å². The fraction of sp³-hybridized carbons (Fsp3) is 0.408. The van der Waals surface area contributed by atoms with Gasteiger partial charge in [0.1, 0.15) is 0 Å². The molecule has 1 saturated carbocycles. The first-order valence-corrected chi connectivity index (χ1v) is 28.4. The van der Waals surface area contributed by atoms with E-state index in [0.29, 0.717) is 0 Å². The molecule has 74 heavy (non-hydrogen) atoms. The molecule has 7 aromatic carbocycles. The van der Waals surface area contributed by atoms with Crippen molar-refractivity contribution >= 4 is 40.5 Å². The molecule has 0 spiro atoms. The summed E-state index contributed by atoms with van der Waals surface area (Å²) in [6.45, 7) is 39.5. The second-order valence-corrected chi connectivity index (χ2v) is 28.4. The first-order valence-electron chi connectivity index (χ1n) is 28.4. The minimum atomic E-state index is -0.294. The zero-order valence-electron chi connectivity index (χ0n) is 47.7. The van der Waals surface area contributed by atoms with Gasteiger partial charge < -0.3 is 9.71 Å². The third-order valence-corrected chi connectivity index (χ3v) is 20.6. The molecule has 3 heteroatoms. The van der Waals surface area contributed by atoms with Gasteiger partial charge in [-0.1, -0.05) is 182 Å². The molecule has 1 fully saturated rings. The minimum Gasteiger partial charge on any atom is -0.400 e. The molecule has 3 heterocycles. The number of nitrogens with zero attached hydrogens (tertiary/aromatic N) is 2. The molecular weight excluding hydrogens is 892 g/mol. The lowest BCUT2D eigenvalue weighted by atomic mass is 9.41. The van der Waals surface area contributed by atoms with E-state index in [2.05, 4.69) is 236 Å². The molecule has 0 aromatic heterocycles. The molecule has 0 saturated heterocycles. The first-order chi connectivity index (χ1) is 34.8. The van der Waals surface area contributed by atoms with Crippen molar-refractivity contribution < 1.29 is 0 Å². The highest BCUT2D eigenvalue weighted by Gasteiger charge is 2.64. The first kappa shape index (κ1) is 47.9. The lowest BCUT2D eigenvalue weighted by Gasteiger charge is -2.55. The zero-order chi connectivity index (χ0) is 52.2. The summed E-state index contributed by atoms with van der Waals surface area (Å²) in [7, 11) is 0. The summed E-state index contributed by atoms with van der Waals surface area (Å²) in [5.74, 6) is 0. The van der Waals surface area contributed by atoms with Crippen LogP contribution in [0.5, 0.6) is 0 Å². The summed E-state index contributed by atoms with van der Waals surface area (Å²) in [4.78, 5) is 5.88. The SMILES string of the molecule is Cc1cccc(C)c1-c1cc2c3c(c1)N(c1ccc(C(C)(C)C)cc1-c1ccccc1)c1c(ccc4c1C(C)(C)c1cc5c(cc1-4)C(C)(C)CCC5(C)C)B3N1c3c-2cc(C(C)(C)C)cc3C2(C)CCCCC12C. The van der Waals surface area contributed by atoms with Crippen LogP contribution >= 0.6 is 0 Å². The fourth-order valence-electron chi connectivity index (χ4n) is 15.9. The number of hydrogen-bond acceptors (Lipinski definition) is 2. The Labute approximate surface area is 445 Å². The van der Waals surface area contributed by atoms with Crippen LogP contribution < -0.4 is 20.6 Å². The third-order valence-electron chi connectivity index (χ3n) is 20.6. The lowest BCUT2D eigenvalue weighted by Crippen LogP contribution is -2.71. The van der Waals surface area contributed by atoms with E-state index in [1.165, 1.54) is 156 Å². The summed E-state index contributed by atoms with van der Waals surface area (Å²) in [6, 6.07) is 46.8. The Bertz CT molecular complexity index is 3550. The molecule has 6 aliphatic rings. The Morgan fingerprint density at radius 2 is 1.12 bits per heavy atom. The van der Waals surface area contributed by atoms with Crippen molar-refractivity contribution in [2.45, 2.75) is 187 Å². The second-order valence-electron chi connectivity index (χ2n) is 28.4. The molecule has 376 valence electrons. The maximum Gasteiger partial charge on any atom is 0.328 e. The number of anilines is 4. The smallest absolute Gasteiger partial charge is 0.328 e. The molecular formula is C71H79BN2. The Morgan fingerprint density at radius 1 is 0.473 bits per heavy atom. The quantitative estimate of drug-likeness (QED) is 0.163. The van der Waals surface area contributed by atoms with E-state index in [1.54, 1.807) is 11.1 Å². The molecule has 0 N–H and O–H groups in total. The van der Waals surface area contributed by atoms with Crippen molar-refractivity contribution in [2.24, 2.45) is 0 Å². The van der Waals surface area contributed by atoms with Crippen molar-refractivity contribution in [3.8, 4) is 44.5 Å². The van der Waals surface area contributed by atoms with E-state index >= 15 is 0 Å². The van der Waals surface area contributed by atoms with Crippen molar-refractivity contribution in [2.75, 3.05) is 9.71 Å². The van der Waals surface area contributed by atoms with Crippen molar-refractivity contribution in [3.63, 3.8) is 0 Å². The van der Waals surface area contributed by atoms with Gasteiger partial charge in [0.25, 0.3) is 0 Å². The molecule has 0 amide bonds. The Morgan fingerprint density at radius 3 is 1.80 bits per heavy atom. The van der Waals surface area contributed by atoms with E-state index < -0.39 is 0 Å². The van der Waals surface area contributed by atoms with Crippen LogP contribution in [0.1, 0.15) is 186 Å². The third kappa shape index (κ3) is 6.31. The van der Waals surface area contributed by atoms with Crippen LogP contribution in [0.4, 0.5) is 22.7 Å². The van der Waals surface area contributed by atoms with Crippen LogP contribution in [-0.2, 0) is 32.5 Å². The van der Waals surface area contributed by atoms with E-state index in [0.717, 1.165) is 0 Å². The topological polar surface area (TPSA) is 6.48 Å². The average Bonchev–Trinajstić information content (AvgIpc) is 3.70. The number of rotatable bonds is 3. The monoisotopic (exact) mass is 971 g/mol. The van der Waals surface area contributed by atoms with Crippen LogP contribution in [0.25, 0.3) is 44.5 Å². The van der Waals surface area contributed by atoms with Crippen molar-refractivity contribution in [3.05, 3.63) is 165 Å². The highest BCUT2D eigenvalue weighted by molar-refractivity contribution is 6.93. The van der Waals surface area contributed by atoms with E-state index in [4.69, 9.17) is 0 Å². The lowest BCUT2D eigenvalue weighted by molar-refractivity contribution is 0.199. The van der Waals surface area contributed by atoms with Gasteiger partial charge in [-0.25, -0.2) is 0 Å². The minimum absolute atomic E-state index is 0.0137. The van der Waals surface area contributed by atoms with Gasteiger partial charge in [-0.15, -0.1) is 0 Å². The van der Waals surface area contributed by atoms with E-state index in [1.807, 2.05) is 0 Å². The second kappa shape index (κ2) is 15.2. The summed E-state index contributed by atoms with van der Waals surface area (Å²) in [6.07, 6.45) is 7.29.